The second-order valence-electron chi connectivity index (χ2n) is 15.9. The van der Waals surface area contributed by atoms with Crippen molar-refractivity contribution in [1.29, 1.82) is 0 Å². The zero-order valence-corrected chi connectivity index (χ0v) is 36.3. The molecule has 12 nitrogen and oxygen atoms in total. The van der Waals surface area contributed by atoms with Crippen LogP contribution in [0.15, 0.2) is 134 Å². The third-order valence-electron chi connectivity index (χ3n) is 10.2. The summed E-state index contributed by atoms with van der Waals surface area (Å²) in [5, 5.41) is 30.8. The smallest absolute Gasteiger partial charge is 0.333 e. The topological polar surface area (TPSA) is 167 Å². The predicted molar refractivity (Wildman–Crippen MR) is 235 cm³/mol. The van der Waals surface area contributed by atoms with Gasteiger partial charge in [0.1, 0.15) is 75.2 Å². The quantitative estimate of drug-likeness (QED) is 0.0305. The largest absolute Gasteiger partial charge is 0.491 e. The van der Waals surface area contributed by atoms with Crippen molar-refractivity contribution in [3.05, 3.63) is 161 Å². The normalized spacial score (nSPS) is 13.6. The van der Waals surface area contributed by atoms with E-state index in [9.17, 15) is 29.7 Å². The van der Waals surface area contributed by atoms with Crippen LogP contribution < -0.4 is 14.2 Å². The van der Waals surface area contributed by atoms with Gasteiger partial charge in [-0.15, -0.1) is 0 Å². The maximum absolute atomic E-state index is 11.7. The van der Waals surface area contributed by atoms with E-state index in [0.29, 0.717) is 17.2 Å². The highest BCUT2D eigenvalue weighted by molar-refractivity contribution is 5.87. The second-order valence-corrected chi connectivity index (χ2v) is 15.9. The molecule has 3 unspecified atom stereocenters. The van der Waals surface area contributed by atoms with Crippen LogP contribution in [0, 0.1) is 0 Å². The summed E-state index contributed by atoms with van der Waals surface area (Å²) < 4.78 is 32.5. The molecule has 330 valence electrons. The van der Waals surface area contributed by atoms with Gasteiger partial charge in [0.25, 0.3) is 0 Å². The fraction of sp³-hybridized carbons (Fsp3) is 0.340. The van der Waals surface area contributed by atoms with Crippen molar-refractivity contribution >= 4 is 17.9 Å². The zero-order valence-electron chi connectivity index (χ0n) is 36.3. The molecule has 0 saturated carbocycles. The third-order valence-corrected chi connectivity index (χ3v) is 10.2. The Morgan fingerprint density at radius 2 is 0.661 bits per heavy atom. The molecule has 4 aromatic rings. The lowest BCUT2D eigenvalue weighted by molar-refractivity contribution is -0.143. The lowest BCUT2D eigenvalue weighted by atomic mass is 9.70. The van der Waals surface area contributed by atoms with Gasteiger partial charge in [-0.05, 0) is 91.9 Å². The third kappa shape index (κ3) is 13.4. The van der Waals surface area contributed by atoms with Crippen molar-refractivity contribution < 1.29 is 58.1 Å². The van der Waals surface area contributed by atoms with E-state index >= 15 is 0 Å². The Balaban J connectivity index is 1.54. The number of hydrogen-bond acceptors (Lipinski definition) is 12. The van der Waals surface area contributed by atoms with E-state index in [-0.39, 0.29) is 56.4 Å². The van der Waals surface area contributed by atoms with E-state index in [4.69, 9.17) is 28.4 Å². The number of aliphatic hydroxyl groups excluding tert-OH is 3. The number of esters is 3. The lowest BCUT2D eigenvalue weighted by Gasteiger charge is -2.33. The van der Waals surface area contributed by atoms with Crippen LogP contribution >= 0.6 is 0 Å². The number of hydrogen-bond donors (Lipinski definition) is 3. The zero-order chi connectivity index (χ0) is 45.6. The molecule has 62 heavy (non-hydrogen) atoms. The van der Waals surface area contributed by atoms with Crippen LogP contribution in [0.4, 0.5) is 0 Å². The molecule has 3 N–H and O–H groups in total. The minimum absolute atomic E-state index is 0.0479. The Kier molecular flexibility index (Phi) is 17.2. The van der Waals surface area contributed by atoms with Crippen molar-refractivity contribution in [3.63, 3.8) is 0 Å². The second kappa shape index (κ2) is 22.1. The first-order valence-electron chi connectivity index (χ1n) is 20.1. The molecule has 0 aliphatic heterocycles. The average molecular weight is 851 g/mol. The summed E-state index contributed by atoms with van der Waals surface area (Å²) in [6.07, 6.45) is -3.06. The van der Waals surface area contributed by atoms with E-state index in [1.807, 2.05) is 72.8 Å². The summed E-state index contributed by atoms with van der Waals surface area (Å²) in [6.45, 7) is 20.7. The standard InChI is InChI=1S/C50H58O12/c1-32(2)46(54)60-29-40(51)26-57-43-20-14-36(15-21-43)49(7,8)35-10-12-37(13-11-35)50(9,38-16-22-44(23-17-38)58-27-41(52)30-61-47(55)33(3)4)39-18-24-45(25-19-39)59-28-42(53)31-62-48(56)34(5)6/h10-25,40-42,51-53H,1,3,5,26-31H2,2,4,6-9H3. The summed E-state index contributed by atoms with van der Waals surface area (Å²) in [6, 6.07) is 31.2. The molecule has 0 amide bonds. The minimum Gasteiger partial charge on any atom is -0.491 e. The average Bonchev–Trinajstić information content (AvgIpc) is 3.27. The molecule has 0 aliphatic rings. The fourth-order valence-electron chi connectivity index (χ4n) is 6.23. The molecular formula is C50H58O12. The van der Waals surface area contributed by atoms with E-state index in [2.05, 4.69) is 64.8 Å². The first-order chi connectivity index (χ1) is 29.3. The number of rotatable bonds is 23. The van der Waals surface area contributed by atoms with Gasteiger partial charge >= 0.3 is 17.9 Å². The number of benzene rings is 4. The monoisotopic (exact) mass is 850 g/mol. The molecule has 0 saturated heterocycles. The first-order valence-corrected chi connectivity index (χ1v) is 20.1. The Labute approximate surface area is 364 Å². The Morgan fingerprint density at radius 1 is 0.435 bits per heavy atom. The minimum atomic E-state index is -1.03. The van der Waals surface area contributed by atoms with E-state index < -0.39 is 47.0 Å². The summed E-state index contributed by atoms with van der Waals surface area (Å²) >= 11 is 0. The van der Waals surface area contributed by atoms with Crippen molar-refractivity contribution in [1.82, 2.24) is 0 Å². The van der Waals surface area contributed by atoms with Crippen LogP contribution in [0.25, 0.3) is 0 Å². The van der Waals surface area contributed by atoms with Gasteiger partial charge in [0.05, 0.1) is 0 Å². The maximum atomic E-state index is 11.7. The maximum Gasteiger partial charge on any atom is 0.333 e. The van der Waals surface area contributed by atoms with Crippen molar-refractivity contribution in [2.45, 2.75) is 70.7 Å². The van der Waals surface area contributed by atoms with Crippen LogP contribution in [-0.2, 0) is 39.4 Å². The van der Waals surface area contributed by atoms with Gasteiger partial charge in [-0.2, -0.15) is 0 Å². The van der Waals surface area contributed by atoms with Crippen molar-refractivity contribution in [3.8, 4) is 17.2 Å². The van der Waals surface area contributed by atoms with Gasteiger partial charge in [0, 0.05) is 27.5 Å². The van der Waals surface area contributed by atoms with E-state index in [1.54, 1.807) is 0 Å². The van der Waals surface area contributed by atoms with Crippen LogP contribution in [0.5, 0.6) is 17.2 Å². The molecule has 0 fully saturated rings. The van der Waals surface area contributed by atoms with Crippen LogP contribution in [-0.4, -0.2) is 91.2 Å². The summed E-state index contributed by atoms with van der Waals surface area (Å²) in [4.78, 5) is 35.1. The molecule has 3 atom stereocenters. The highest BCUT2D eigenvalue weighted by atomic mass is 16.6. The number of carbonyl (C=O) groups is 3. The number of ether oxygens (including phenoxy) is 6. The Hall–Kier alpha value is -6.21. The molecule has 0 aromatic heterocycles. The molecule has 0 radical (unpaired) electrons. The van der Waals surface area contributed by atoms with Gasteiger partial charge in [-0.3, -0.25) is 0 Å². The van der Waals surface area contributed by atoms with Gasteiger partial charge in [-0.25, -0.2) is 14.4 Å². The van der Waals surface area contributed by atoms with Crippen LogP contribution in [0.1, 0.15) is 69.4 Å². The highest BCUT2D eigenvalue weighted by Gasteiger charge is 2.33. The molecule has 0 aliphatic carbocycles. The predicted octanol–water partition coefficient (Wildman–Crippen LogP) is 6.94. The first kappa shape index (κ1) is 48.5. The Morgan fingerprint density at radius 3 is 0.919 bits per heavy atom. The molecule has 4 rings (SSSR count). The van der Waals surface area contributed by atoms with Gasteiger partial charge < -0.3 is 43.7 Å². The Bertz CT molecular complexity index is 2070. The van der Waals surface area contributed by atoms with Crippen molar-refractivity contribution in [2.24, 2.45) is 0 Å². The number of aliphatic hydroxyl groups is 3. The van der Waals surface area contributed by atoms with Crippen molar-refractivity contribution in [2.75, 3.05) is 39.6 Å². The molecule has 0 heterocycles. The van der Waals surface area contributed by atoms with E-state index in [1.165, 1.54) is 20.8 Å². The summed E-state index contributed by atoms with van der Waals surface area (Å²) in [7, 11) is 0. The van der Waals surface area contributed by atoms with Gasteiger partial charge in [0.15, 0.2) is 0 Å². The lowest BCUT2D eigenvalue weighted by Crippen LogP contribution is -2.27. The fourth-order valence-corrected chi connectivity index (χ4v) is 6.23. The molecule has 0 spiro atoms. The SMILES string of the molecule is C=C(C)C(=O)OCC(O)COc1ccc(C(C)(C)c2ccc(C(C)(c3ccc(OCC(O)COC(=O)C(=C)C)cc3)c3ccc(OCC(O)COC(=O)C(=C)C)cc3)cc2)cc1. The molecular weight excluding hydrogens is 793 g/mol. The summed E-state index contributed by atoms with van der Waals surface area (Å²) in [5.41, 5.74) is 4.66. The van der Waals surface area contributed by atoms with Crippen LogP contribution in [0.2, 0.25) is 0 Å². The number of carbonyl (C=O) groups excluding carboxylic acids is 3. The van der Waals surface area contributed by atoms with E-state index in [0.717, 1.165) is 27.8 Å². The van der Waals surface area contributed by atoms with Gasteiger partial charge in [0.2, 0.25) is 0 Å². The molecule has 4 aromatic carbocycles. The highest BCUT2D eigenvalue weighted by Crippen LogP contribution is 2.41. The van der Waals surface area contributed by atoms with Gasteiger partial charge in [-0.1, -0.05) is 94.2 Å². The molecule has 12 heteroatoms. The van der Waals surface area contributed by atoms with Crippen LogP contribution in [0.3, 0.4) is 0 Å². The summed E-state index contributed by atoms with van der Waals surface area (Å²) in [5.74, 6) is -0.132. The molecule has 0 bridgehead atoms.